The lowest BCUT2D eigenvalue weighted by molar-refractivity contribution is 0.155. The number of aliphatic hydroxyl groups is 1. The van der Waals surface area contributed by atoms with Crippen LogP contribution in [0.5, 0.6) is 0 Å². The number of aromatic nitrogens is 2. The molecular weight excluding hydrogens is 264 g/mol. The second kappa shape index (κ2) is 6.18. The Labute approximate surface area is 126 Å². The van der Waals surface area contributed by atoms with Crippen LogP contribution in [0.2, 0.25) is 0 Å². The van der Waals surface area contributed by atoms with Crippen molar-refractivity contribution in [2.45, 2.75) is 33.4 Å². The Balaban J connectivity index is 2.03. The molecule has 114 valence electrons. The van der Waals surface area contributed by atoms with Crippen molar-refractivity contribution in [3.8, 4) is 0 Å². The van der Waals surface area contributed by atoms with Crippen molar-refractivity contribution in [1.82, 2.24) is 9.78 Å². The molecule has 0 fully saturated rings. The van der Waals surface area contributed by atoms with E-state index >= 15 is 0 Å². The second-order valence-corrected chi connectivity index (χ2v) is 5.59. The zero-order valence-electron chi connectivity index (χ0n) is 13.2. The molecule has 0 saturated carbocycles. The lowest BCUT2D eigenvalue weighted by Crippen LogP contribution is -2.33. The number of likely N-dealkylation sites (N-methyl/N-ethyl adjacent to an activating group) is 1. The lowest BCUT2D eigenvalue weighted by Gasteiger charge is -2.24. The summed E-state index contributed by atoms with van der Waals surface area (Å²) in [7, 11) is 1.99. The summed E-state index contributed by atoms with van der Waals surface area (Å²) in [4.78, 5) is 2.06. The number of rotatable bonds is 5. The highest BCUT2D eigenvalue weighted by Crippen LogP contribution is 2.19. The number of hydrogen-bond donors (Lipinski definition) is 2. The van der Waals surface area contributed by atoms with E-state index in [1.54, 1.807) is 4.68 Å². The SMILES string of the molecule is Cc1ccccc1N(C)CC(O)Cn1nc(C)c(N)c1C. The highest BCUT2D eigenvalue weighted by molar-refractivity contribution is 5.52. The third-order valence-corrected chi connectivity index (χ3v) is 3.83. The van der Waals surface area contributed by atoms with Gasteiger partial charge in [0.25, 0.3) is 0 Å². The molecule has 1 atom stereocenters. The summed E-state index contributed by atoms with van der Waals surface area (Å²) in [6.07, 6.45) is -0.507. The Hall–Kier alpha value is -2.01. The first kappa shape index (κ1) is 15.4. The zero-order valence-corrected chi connectivity index (χ0v) is 13.2. The molecule has 0 aliphatic heterocycles. The summed E-state index contributed by atoms with van der Waals surface area (Å²) in [5.41, 5.74) is 10.7. The largest absolute Gasteiger partial charge is 0.396 e. The van der Waals surface area contributed by atoms with E-state index in [9.17, 15) is 5.11 Å². The number of para-hydroxylation sites is 1. The topological polar surface area (TPSA) is 67.3 Å². The van der Waals surface area contributed by atoms with Crippen molar-refractivity contribution in [2.24, 2.45) is 0 Å². The van der Waals surface area contributed by atoms with E-state index < -0.39 is 6.10 Å². The third kappa shape index (κ3) is 3.36. The van der Waals surface area contributed by atoms with Crippen LogP contribution >= 0.6 is 0 Å². The van der Waals surface area contributed by atoms with E-state index in [4.69, 9.17) is 5.73 Å². The van der Waals surface area contributed by atoms with E-state index in [2.05, 4.69) is 29.1 Å². The molecule has 0 bridgehead atoms. The molecule has 0 amide bonds. The summed E-state index contributed by atoms with van der Waals surface area (Å²) in [6, 6.07) is 8.15. The number of aryl methyl sites for hydroxylation is 2. The van der Waals surface area contributed by atoms with Crippen molar-refractivity contribution >= 4 is 11.4 Å². The molecule has 5 nitrogen and oxygen atoms in total. The van der Waals surface area contributed by atoms with Gasteiger partial charge in [-0.25, -0.2) is 0 Å². The highest BCUT2D eigenvalue weighted by Gasteiger charge is 2.14. The average molecular weight is 288 g/mol. The maximum atomic E-state index is 10.3. The molecule has 21 heavy (non-hydrogen) atoms. The predicted molar refractivity (Wildman–Crippen MR) is 86.6 cm³/mol. The van der Waals surface area contributed by atoms with Gasteiger partial charge in [0.15, 0.2) is 0 Å². The van der Waals surface area contributed by atoms with E-state index in [1.165, 1.54) is 5.56 Å². The number of nitrogen functional groups attached to an aromatic ring is 1. The summed E-state index contributed by atoms with van der Waals surface area (Å²) in [5.74, 6) is 0. The minimum absolute atomic E-state index is 0.445. The van der Waals surface area contributed by atoms with E-state index in [-0.39, 0.29) is 0 Å². The molecular formula is C16H24N4O. The van der Waals surface area contributed by atoms with Gasteiger partial charge in [-0.3, -0.25) is 4.68 Å². The van der Waals surface area contributed by atoms with Gasteiger partial charge in [-0.1, -0.05) is 18.2 Å². The molecule has 2 aromatic rings. The van der Waals surface area contributed by atoms with Crippen LogP contribution in [0, 0.1) is 20.8 Å². The Morgan fingerprint density at radius 3 is 2.52 bits per heavy atom. The van der Waals surface area contributed by atoms with Crippen LogP contribution in [-0.2, 0) is 6.54 Å². The monoisotopic (exact) mass is 288 g/mol. The molecule has 1 aromatic heterocycles. The maximum Gasteiger partial charge on any atom is 0.0910 e. The lowest BCUT2D eigenvalue weighted by atomic mass is 10.2. The Bertz CT molecular complexity index is 621. The number of nitrogens with zero attached hydrogens (tertiary/aromatic N) is 3. The number of aliphatic hydroxyl groups excluding tert-OH is 1. The molecule has 3 N–H and O–H groups in total. The number of hydrogen-bond acceptors (Lipinski definition) is 4. The van der Waals surface area contributed by atoms with Crippen molar-refractivity contribution in [3.63, 3.8) is 0 Å². The Morgan fingerprint density at radius 2 is 1.95 bits per heavy atom. The standard InChI is InChI=1S/C16H24N4O/c1-11-7-5-6-8-15(11)19(4)9-14(21)10-20-13(3)16(17)12(2)18-20/h5-8,14,21H,9-10,17H2,1-4H3. The third-order valence-electron chi connectivity index (χ3n) is 3.83. The van der Waals surface area contributed by atoms with Gasteiger partial charge in [-0.15, -0.1) is 0 Å². The van der Waals surface area contributed by atoms with Gasteiger partial charge in [-0.2, -0.15) is 5.10 Å². The second-order valence-electron chi connectivity index (χ2n) is 5.59. The molecule has 0 aliphatic carbocycles. The Morgan fingerprint density at radius 1 is 1.29 bits per heavy atom. The Kier molecular flexibility index (Phi) is 4.53. The average Bonchev–Trinajstić information content (AvgIpc) is 2.66. The first-order chi connectivity index (χ1) is 9.90. The van der Waals surface area contributed by atoms with Gasteiger partial charge in [0.2, 0.25) is 0 Å². The first-order valence-electron chi connectivity index (χ1n) is 7.14. The highest BCUT2D eigenvalue weighted by atomic mass is 16.3. The van der Waals surface area contributed by atoms with Crippen LogP contribution in [-0.4, -0.2) is 34.6 Å². The molecule has 0 aliphatic rings. The van der Waals surface area contributed by atoms with Crippen LogP contribution in [0.3, 0.4) is 0 Å². The summed E-state index contributed by atoms with van der Waals surface area (Å²) >= 11 is 0. The van der Waals surface area contributed by atoms with Gasteiger partial charge in [-0.05, 0) is 32.4 Å². The fraction of sp³-hybridized carbons (Fsp3) is 0.438. The first-order valence-corrected chi connectivity index (χ1v) is 7.14. The van der Waals surface area contributed by atoms with E-state index in [0.717, 1.165) is 17.1 Å². The van der Waals surface area contributed by atoms with E-state index in [1.807, 2.05) is 33.0 Å². The van der Waals surface area contributed by atoms with Crippen LogP contribution in [0.4, 0.5) is 11.4 Å². The van der Waals surface area contributed by atoms with Crippen molar-refractivity contribution < 1.29 is 5.11 Å². The summed E-state index contributed by atoms with van der Waals surface area (Å²) in [5, 5.41) is 14.7. The van der Waals surface area contributed by atoms with Crippen LogP contribution in [0.25, 0.3) is 0 Å². The molecule has 5 heteroatoms. The van der Waals surface area contributed by atoms with Crippen molar-refractivity contribution in [3.05, 3.63) is 41.2 Å². The fourth-order valence-corrected chi connectivity index (χ4v) is 2.55. The molecule has 0 spiro atoms. The van der Waals surface area contributed by atoms with Crippen LogP contribution < -0.4 is 10.6 Å². The molecule has 2 rings (SSSR count). The smallest absolute Gasteiger partial charge is 0.0910 e. The summed E-state index contributed by atoms with van der Waals surface area (Å²) in [6.45, 7) is 6.86. The van der Waals surface area contributed by atoms with Crippen molar-refractivity contribution in [1.29, 1.82) is 0 Å². The molecule has 1 unspecified atom stereocenters. The predicted octanol–water partition coefficient (Wildman–Crippen LogP) is 1.89. The van der Waals surface area contributed by atoms with Gasteiger partial charge < -0.3 is 15.7 Å². The van der Waals surface area contributed by atoms with Gasteiger partial charge in [0.1, 0.15) is 0 Å². The van der Waals surface area contributed by atoms with Crippen molar-refractivity contribution in [2.75, 3.05) is 24.2 Å². The number of nitrogens with two attached hydrogens (primary N) is 1. The molecule has 1 aromatic carbocycles. The van der Waals surface area contributed by atoms with Crippen LogP contribution in [0.1, 0.15) is 17.0 Å². The molecule has 0 saturated heterocycles. The maximum absolute atomic E-state index is 10.3. The number of benzene rings is 1. The number of anilines is 2. The van der Waals surface area contributed by atoms with Gasteiger partial charge >= 0.3 is 0 Å². The van der Waals surface area contributed by atoms with E-state index in [0.29, 0.717) is 18.8 Å². The summed E-state index contributed by atoms with van der Waals surface area (Å²) < 4.78 is 1.78. The van der Waals surface area contributed by atoms with Gasteiger partial charge in [0, 0.05) is 19.3 Å². The normalized spacial score (nSPS) is 12.4. The quantitative estimate of drug-likeness (QED) is 0.881. The van der Waals surface area contributed by atoms with Gasteiger partial charge in [0.05, 0.1) is 29.7 Å². The zero-order chi connectivity index (χ0) is 15.6. The minimum Gasteiger partial charge on any atom is -0.396 e. The minimum atomic E-state index is -0.507. The fourth-order valence-electron chi connectivity index (χ4n) is 2.55. The molecule has 1 heterocycles. The van der Waals surface area contributed by atoms with Crippen LogP contribution in [0.15, 0.2) is 24.3 Å². The molecule has 0 radical (unpaired) electrons.